The molecule has 0 aliphatic carbocycles. The molecule has 7 N–H and O–H groups in total. The second-order valence-electron chi connectivity index (χ2n) is 1.99. The number of nitrogens with one attached hydrogen (secondary N) is 1. The third-order valence-electron chi connectivity index (χ3n) is 1.31. The van der Waals surface area contributed by atoms with Crippen molar-refractivity contribution in [2.45, 2.75) is 6.92 Å². The summed E-state index contributed by atoms with van der Waals surface area (Å²) in [6, 6.07) is 0. The number of H-pyrrole nitrogens is 1. The van der Waals surface area contributed by atoms with E-state index in [-0.39, 0.29) is 0 Å². The van der Waals surface area contributed by atoms with E-state index in [9.17, 15) is 0 Å². The van der Waals surface area contributed by atoms with Crippen LogP contribution in [-0.2, 0) is 0 Å². The number of aryl methyl sites for hydroxylation is 1. The molecule has 0 radical (unpaired) electrons. The van der Waals surface area contributed by atoms with E-state index >= 15 is 0 Å². The highest BCUT2D eigenvalue weighted by atomic mass is 14.9. The van der Waals surface area contributed by atoms with Crippen LogP contribution in [0.3, 0.4) is 0 Å². The van der Waals surface area contributed by atoms with Crippen LogP contribution >= 0.6 is 0 Å². The quantitative estimate of drug-likeness (QED) is 0.396. The van der Waals surface area contributed by atoms with Crippen molar-refractivity contribution in [1.82, 2.24) is 4.98 Å². The van der Waals surface area contributed by atoms with Crippen LogP contribution in [0.15, 0.2) is 0 Å². The number of aromatic amines is 1. The Morgan fingerprint density at radius 1 is 1.11 bits per heavy atom. The van der Waals surface area contributed by atoms with Gasteiger partial charge in [-0.3, -0.25) is 0 Å². The first kappa shape index (κ1) is 5.81. The molecular weight excluding hydrogens is 116 g/mol. The topological polar surface area (TPSA) is 93.8 Å². The Kier molecular flexibility index (Phi) is 1.02. The molecule has 0 aromatic carbocycles. The highest BCUT2D eigenvalue weighted by molar-refractivity contribution is 5.77. The van der Waals surface area contributed by atoms with Gasteiger partial charge in [0.25, 0.3) is 0 Å². The molecule has 4 heteroatoms. The summed E-state index contributed by atoms with van der Waals surface area (Å²) in [5.74, 6) is 0.449. The number of nitrogen functional groups attached to an aromatic ring is 3. The first-order valence-corrected chi connectivity index (χ1v) is 2.62. The van der Waals surface area contributed by atoms with E-state index in [1.54, 1.807) is 0 Å². The van der Waals surface area contributed by atoms with Crippen LogP contribution in [0.5, 0.6) is 0 Å². The van der Waals surface area contributed by atoms with Gasteiger partial charge in [0.2, 0.25) is 0 Å². The van der Waals surface area contributed by atoms with Crippen LogP contribution in [0.4, 0.5) is 17.2 Å². The zero-order valence-corrected chi connectivity index (χ0v) is 5.23. The van der Waals surface area contributed by atoms with Crippen LogP contribution < -0.4 is 17.2 Å². The Hall–Kier alpha value is -1.32. The summed E-state index contributed by atoms with van der Waals surface area (Å²) >= 11 is 0. The fourth-order valence-corrected chi connectivity index (χ4v) is 0.684. The molecule has 0 spiro atoms. The predicted molar refractivity (Wildman–Crippen MR) is 38.8 cm³/mol. The monoisotopic (exact) mass is 126 g/mol. The van der Waals surface area contributed by atoms with E-state index in [2.05, 4.69) is 4.98 Å². The van der Waals surface area contributed by atoms with Gasteiger partial charge in [-0.25, -0.2) is 0 Å². The van der Waals surface area contributed by atoms with Crippen molar-refractivity contribution >= 4 is 17.2 Å². The minimum atomic E-state index is 0.449. The van der Waals surface area contributed by atoms with E-state index in [1.807, 2.05) is 6.92 Å². The maximum absolute atomic E-state index is 5.47. The summed E-state index contributed by atoms with van der Waals surface area (Å²) in [6.45, 7) is 1.82. The van der Waals surface area contributed by atoms with E-state index < -0.39 is 0 Å². The Labute approximate surface area is 53.0 Å². The molecule has 1 aromatic rings. The Balaban J connectivity index is 3.29. The normalized spacial score (nSPS) is 9.89. The molecule has 0 saturated carbocycles. The zero-order valence-electron chi connectivity index (χ0n) is 5.23. The van der Waals surface area contributed by atoms with E-state index in [1.165, 1.54) is 0 Å². The second kappa shape index (κ2) is 1.58. The number of nitrogens with two attached hydrogens (primary N) is 3. The van der Waals surface area contributed by atoms with Gasteiger partial charge in [-0.1, -0.05) is 0 Å². The van der Waals surface area contributed by atoms with Crippen molar-refractivity contribution in [2.75, 3.05) is 17.2 Å². The maximum Gasteiger partial charge on any atom is 0.126 e. The van der Waals surface area contributed by atoms with Crippen LogP contribution in [0.2, 0.25) is 0 Å². The molecule has 1 heterocycles. The average molecular weight is 126 g/mol. The third-order valence-corrected chi connectivity index (χ3v) is 1.31. The molecule has 9 heavy (non-hydrogen) atoms. The third kappa shape index (κ3) is 0.679. The van der Waals surface area contributed by atoms with Crippen LogP contribution in [0.1, 0.15) is 5.69 Å². The van der Waals surface area contributed by atoms with Crippen LogP contribution in [0.25, 0.3) is 0 Å². The van der Waals surface area contributed by atoms with Crippen LogP contribution in [-0.4, -0.2) is 4.98 Å². The zero-order chi connectivity index (χ0) is 7.02. The van der Waals surface area contributed by atoms with Gasteiger partial charge >= 0.3 is 0 Å². The van der Waals surface area contributed by atoms with Crippen LogP contribution in [0, 0.1) is 6.92 Å². The Morgan fingerprint density at radius 3 is 1.78 bits per heavy atom. The van der Waals surface area contributed by atoms with Crippen molar-refractivity contribution < 1.29 is 0 Å². The van der Waals surface area contributed by atoms with E-state index in [0.29, 0.717) is 17.2 Å². The summed E-state index contributed by atoms with van der Waals surface area (Å²) in [6.07, 6.45) is 0. The number of rotatable bonds is 0. The van der Waals surface area contributed by atoms with Gasteiger partial charge in [-0.15, -0.1) is 0 Å². The molecule has 0 unspecified atom stereocenters. The van der Waals surface area contributed by atoms with E-state index in [0.717, 1.165) is 5.69 Å². The lowest BCUT2D eigenvalue weighted by Gasteiger charge is -1.89. The molecule has 1 aromatic heterocycles. The average Bonchev–Trinajstić information content (AvgIpc) is 1.98. The van der Waals surface area contributed by atoms with Gasteiger partial charge in [-0.05, 0) is 6.92 Å². The lowest BCUT2D eigenvalue weighted by Crippen LogP contribution is -1.94. The SMILES string of the molecule is Cc1[nH]c(N)c(N)c1N. The summed E-state index contributed by atoms with van der Waals surface area (Å²) < 4.78 is 0. The van der Waals surface area contributed by atoms with Crippen molar-refractivity contribution in [2.24, 2.45) is 0 Å². The highest BCUT2D eigenvalue weighted by Gasteiger charge is 2.03. The lowest BCUT2D eigenvalue weighted by atomic mass is 10.4. The minimum absolute atomic E-state index is 0.449. The molecular formula is C5H10N4. The van der Waals surface area contributed by atoms with Crippen molar-refractivity contribution in [1.29, 1.82) is 0 Å². The molecule has 0 fully saturated rings. The van der Waals surface area contributed by atoms with Gasteiger partial charge in [0.1, 0.15) is 5.82 Å². The number of anilines is 3. The maximum atomic E-state index is 5.47. The molecule has 4 nitrogen and oxygen atoms in total. The smallest absolute Gasteiger partial charge is 0.126 e. The van der Waals surface area contributed by atoms with E-state index in [4.69, 9.17) is 17.2 Å². The Bertz CT molecular complexity index is 203. The first-order valence-electron chi connectivity index (χ1n) is 2.62. The van der Waals surface area contributed by atoms with Gasteiger partial charge in [-0.2, -0.15) is 0 Å². The molecule has 50 valence electrons. The van der Waals surface area contributed by atoms with Crippen molar-refractivity contribution in [3.63, 3.8) is 0 Å². The molecule has 0 saturated heterocycles. The van der Waals surface area contributed by atoms with Crippen molar-refractivity contribution in [3.8, 4) is 0 Å². The fraction of sp³-hybridized carbons (Fsp3) is 0.200. The predicted octanol–water partition coefficient (Wildman–Crippen LogP) is 0.0697. The molecule has 0 atom stereocenters. The largest absolute Gasteiger partial charge is 0.396 e. The molecule has 0 aliphatic rings. The van der Waals surface area contributed by atoms with Crippen molar-refractivity contribution in [3.05, 3.63) is 5.69 Å². The number of hydrogen-bond donors (Lipinski definition) is 4. The second-order valence-corrected chi connectivity index (χ2v) is 1.99. The molecule has 0 bridgehead atoms. The highest BCUT2D eigenvalue weighted by Crippen LogP contribution is 2.24. The number of hydrogen-bond acceptors (Lipinski definition) is 3. The molecule has 0 aliphatic heterocycles. The Morgan fingerprint density at radius 2 is 1.67 bits per heavy atom. The van der Waals surface area contributed by atoms with Gasteiger partial charge in [0, 0.05) is 5.69 Å². The van der Waals surface area contributed by atoms with Gasteiger partial charge < -0.3 is 22.2 Å². The summed E-state index contributed by atoms with van der Waals surface area (Å²) in [5, 5.41) is 0. The number of aromatic nitrogens is 1. The minimum Gasteiger partial charge on any atom is -0.396 e. The molecule has 0 amide bonds. The lowest BCUT2D eigenvalue weighted by molar-refractivity contribution is 1.27. The molecule has 1 rings (SSSR count). The first-order chi connectivity index (χ1) is 4.13. The van der Waals surface area contributed by atoms with Gasteiger partial charge in [0.05, 0.1) is 11.4 Å². The van der Waals surface area contributed by atoms with Gasteiger partial charge in [0.15, 0.2) is 0 Å². The summed E-state index contributed by atoms with van der Waals surface area (Å²) in [7, 11) is 0. The fourth-order valence-electron chi connectivity index (χ4n) is 0.684. The standard InChI is InChI=1S/C5H10N4/c1-2-3(6)4(7)5(8)9-2/h9H,6-8H2,1H3. The summed E-state index contributed by atoms with van der Waals surface area (Å²) in [4.78, 5) is 2.80. The summed E-state index contributed by atoms with van der Waals surface area (Å²) in [5.41, 5.74) is 18.1.